The van der Waals surface area contributed by atoms with E-state index in [1.807, 2.05) is 30.3 Å². The lowest BCUT2D eigenvalue weighted by Gasteiger charge is -2.21. The molecule has 114 valence electrons. The number of rotatable bonds is 3. The number of carbonyl (C=O) groups is 2. The number of primary amides is 1. The maximum atomic E-state index is 12.4. The smallest absolute Gasteiger partial charge is 0.315 e. The molecule has 0 fully saturated rings. The lowest BCUT2D eigenvalue weighted by molar-refractivity contribution is -0.117. The topological polar surface area (TPSA) is 95.3 Å². The molecule has 7 heteroatoms. The number of anilines is 2. The Hall–Kier alpha value is -2.83. The molecule has 22 heavy (non-hydrogen) atoms. The maximum Gasteiger partial charge on any atom is 0.315 e. The number of fused-ring (bicyclic) bond motifs is 1. The van der Waals surface area contributed by atoms with Crippen LogP contribution in [0.15, 0.2) is 30.3 Å². The van der Waals surface area contributed by atoms with Crippen molar-refractivity contribution in [1.82, 2.24) is 15.1 Å². The molecule has 3 N–H and O–H groups in total. The number of aromatic amines is 1. The molecule has 0 spiro atoms. The SMILES string of the molecule is CCC(=O)N(c1ccccc1)c1n[nH]c2c1CN(C(N)=O)C2. The van der Waals surface area contributed by atoms with E-state index in [2.05, 4.69) is 10.2 Å². The van der Waals surface area contributed by atoms with Gasteiger partial charge in [-0.05, 0) is 12.1 Å². The first-order chi connectivity index (χ1) is 10.6. The molecule has 3 rings (SSSR count). The zero-order valence-corrected chi connectivity index (χ0v) is 12.2. The molecule has 0 unspecified atom stereocenters. The second kappa shape index (κ2) is 5.51. The van der Waals surface area contributed by atoms with Gasteiger partial charge in [-0.2, -0.15) is 5.10 Å². The van der Waals surface area contributed by atoms with Gasteiger partial charge in [0.05, 0.1) is 24.5 Å². The van der Waals surface area contributed by atoms with Crippen LogP contribution in [-0.4, -0.2) is 27.0 Å². The van der Waals surface area contributed by atoms with Gasteiger partial charge < -0.3 is 10.6 Å². The Balaban J connectivity index is 2.02. The van der Waals surface area contributed by atoms with Crippen LogP contribution >= 0.6 is 0 Å². The van der Waals surface area contributed by atoms with Crippen molar-refractivity contribution in [1.29, 1.82) is 0 Å². The Bertz CT molecular complexity index is 710. The second-order valence-corrected chi connectivity index (χ2v) is 5.12. The summed E-state index contributed by atoms with van der Waals surface area (Å²) in [6.45, 7) is 2.55. The van der Waals surface area contributed by atoms with Crippen molar-refractivity contribution in [3.63, 3.8) is 0 Å². The molecular formula is C15H17N5O2. The third-order valence-electron chi connectivity index (χ3n) is 3.72. The van der Waals surface area contributed by atoms with Gasteiger partial charge in [0, 0.05) is 12.0 Å². The molecule has 0 saturated heterocycles. The first-order valence-electron chi connectivity index (χ1n) is 7.10. The lowest BCUT2D eigenvalue weighted by atomic mass is 10.2. The van der Waals surface area contributed by atoms with Crippen LogP contribution in [0.2, 0.25) is 0 Å². The lowest BCUT2D eigenvalue weighted by Crippen LogP contribution is -2.31. The number of para-hydroxylation sites is 1. The van der Waals surface area contributed by atoms with Crippen LogP contribution in [0, 0.1) is 0 Å². The first-order valence-corrected chi connectivity index (χ1v) is 7.10. The van der Waals surface area contributed by atoms with E-state index in [-0.39, 0.29) is 5.91 Å². The molecule has 0 saturated carbocycles. The van der Waals surface area contributed by atoms with E-state index in [9.17, 15) is 9.59 Å². The third-order valence-corrected chi connectivity index (χ3v) is 3.72. The number of carbonyl (C=O) groups excluding carboxylic acids is 2. The summed E-state index contributed by atoms with van der Waals surface area (Å²) < 4.78 is 0. The zero-order valence-electron chi connectivity index (χ0n) is 12.2. The molecular weight excluding hydrogens is 282 g/mol. The Morgan fingerprint density at radius 3 is 2.68 bits per heavy atom. The summed E-state index contributed by atoms with van der Waals surface area (Å²) >= 11 is 0. The number of nitrogens with one attached hydrogen (secondary N) is 1. The monoisotopic (exact) mass is 299 g/mol. The largest absolute Gasteiger partial charge is 0.351 e. The van der Waals surface area contributed by atoms with E-state index in [1.165, 1.54) is 4.90 Å². The highest BCUT2D eigenvalue weighted by Crippen LogP contribution is 2.33. The number of aromatic nitrogens is 2. The van der Waals surface area contributed by atoms with Gasteiger partial charge in [0.2, 0.25) is 5.91 Å². The fourth-order valence-electron chi connectivity index (χ4n) is 2.59. The number of urea groups is 1. The van der Waals surface area contributed by atoms with E-state index >= 15 is 0 Å². The van der Waals surface area contributed by atoms with Gasteiger partial charge in [0.1, 0.15) is 0 Å². The van der Waals surface area contributed by atoms with E-state index in [0.29, 0.717) is 25.3 Å². The van der Waals surface area contributed by atoms with E-state index in [4.69, 9.17) is 5.73 Å². The zero-order chi connectivity index (χ0) is 15.7. The molecule has 0 bridgehead atoms. The van der Waals surface area contributed by atoms with Crippen molar-refractivity contribution in [2.24, 2.45) is 5.73 Å². The van der Waals surface area contributed by atoms with Gasteiger partial charge in [0.25, 0.3) is 0 Å². The van der Waals surface area contributed by atoms with Crippen LogP contribution in [-0.2, 0) is 17.9 Å². The highest BCUT2D eigenvalue weighted by atomic mass is 16.2. The summed E-state index contributed by atoms with van der Waals surface area (Å²) in [5, 5.41) is 7.19. The minimum atomic E-state index is -0.483. The van der Waals surface area contributed by atoms with Crippen LogP contribution in [0.4, 0.5) is 16.3 Å². The number of nitrogens with two attached hydrogens (primary N) is 1. The van der Waals surface area contributed by atoms with Crippen molar-refractivity contribution in [2.45, 2.75) is 26.4 Å². The molecule has 0 aliphatic carbocycles. The predicted molar refractivity (Wildman–Crippen MR) is 81.3 cm³/mol. The number of H-pyrrole nitrogens is 1. The summed E-state index contributed by atoms with van der Waals surface area (Å²) in [5.41, 5.74) is 7.74. The standard InChI is InChI=1S/C15H17N5O2/c1-2-13(21)20(10-6-4-3-5-7-10)14-11-8-19(15(16)22)9-12(11)17-18-14/h3-7H,2,8-9H2,1H3,(H2,16,22)(H,17,18). The average molecular weight is 299 g/mol. The molecule has 1 aliphatic heterocycles. The average Bonchev–Trinajstić information content (AvgIpc) is 3.10. The van der Waals surface area contributed by atoms with Gasteiger partial charge in [-0.25, -0.2) is 4.79 Å². The Labute approximate surface area is 127 Å². The normalized spacial score (nSPS) is 13.0. The molecule has 7 nitrogen and oxygen atoms in total. The molecule has 1 aromatic heterocycles. The summed E-state index contributed by atoms with van der Waals surface area (Å²) in [6, 6.07) is 8.86. The van der Waals surface area contributed by atoms with Crippen LogP contribution < -0.4 is 10.6 Å². The second-order valence-electron chi connectivity index (χ2n) is 5.12. The van der Waals surface area contributed by atoms with E-state index < -0.39 is 6.03 Å². The van der Waals surface area contributed by atoms with Crippen LogP contribution in [0.25, 0.3) is 0 Å². The number of hydrogen-bond acceptors (Lipinski definition) is 3. The Morgan fingerprint density at radius 1 is 1.32 bits per heavy atom. The van der Waals surface area contributed by atoms with Crippen molar-refractivity contribution < 1.29 is 9.59 Å². The highest BCUT2D eigenvalue weighted by Gasteiger charge is 2.31. The molecule has 2 heterocycles. The van der Waals surface area contributed by atoms with Crippen molar-refractivity contribution in [2.75, 3.05) is 4.90 Å². The molecule has 1 aliphatic rings. The van der Waals surface area contributed by atoms with Gasteiger partial charge in [-0.15, -0.1) is 0 Å². The van der Waals surface area contributed by atoms with Crippen LogP contribution in [0.1, 0.15) is 24.6 Å². The van der Waals surface area contributed by atoms with Crippen molar-refractivity contribution in [3.05, 3.63) is 41.6 Å². The van der Waals surface area contributed by atoms with Gasteiger partial charge in [-0.3, -0.25) is 14.8 Å². The molecule has 2 aromatic rings. The quantitative estimate of drug-likeness (QED) is 0.905. The van der Waals surface area contributed by atoms with Gasteiger partial charge in [0.15, 0.2) is 5.82 Å². The van der Waals surface area contributed by atoms with E-state index in [1.54, 1.807) is 11.8 Å². The maximum absolute atomic E-state index is 12.4. The highest BCUT2D eigenvalue weighted by molar-refractivity contribution is 6.00. The fraction of sp³-hybridized carbons (Fsp3) is 0.267. The number of benzene rings is 1. The first kappa shape index (κ1) is 14.1. The van der Waals surface area contributed by atoms with Gasteiger partial charge in [-0.1, -0.05) is 25.1 Å². The van der Waals surface area contributed by atoms with Gasteiger partial charge >= 0.3 is 6.03 Å². The summed E-state index contributed by atoms with van der Waals surface area (Å²) in [4.78, 5) is 26.8. The third kappa shape index (κ3) is 2.30. The van der Waals surface area contributed by atoms with Crippen molar-refractivity contribution in [3.8, 4) is 0 Å². The van der Waals surface area contributed by atoms with E-state index in [0.717, 1.165) is 16.9 Å². The summed E-state index contributed by atoms with van der Waals surface area (Å²) in [6.07, 6.45) is 0.357. The Kier molecular flexibility index (Phi) is 3.54. The molecule has 0 radical (unpaired) electrons. The number of amides is 3. The summed E-state index contributed by atoms with van der Waals surface area (Å²) in [7, 11) is 0. The number of nitrogens with zero attached hydrogens (tertiary/aromatic N) is 3. The van der Waals surface area contributed by atoms with Crippen LogP contribution in [0.5, 0.6) is 0 Å². The molecule has 3 amide bonds. The molecule has 0 atom stereocenters. The summed E-state index contributed by atoms with van der Waals surface area (Å²) in [5.74, 6) is 0.481. The molecule has 1 aromatic carbocycles. The fourth-order valence-corrected chi connectivity index (χ4v) is 2.59. The minimum Gasteiger partial charge on any atom is -0.351 e. The van der Waals surface area contributed by atoms with Crippen molar-refractivity contribution >= 4 is 23.4 Å². The number of hydrogen-bond donors (Lipinski definition) is 2. The minimum absolute atomic E-state index is 0.0574. The Morgan fingerprint density at radius 2 is 2.05 bits per heavy atom. The predicted octanol–water partition coefficient (Wildman–Crippen LogP) is 1.88. The van der Waals surface area contributed by atoms with Crippen LogP contribution in [0.3, 0.4) is 0 Å².